The molecule has 0 spiro atoms. The number of carbonyl (C=O) groups excluding carboxylic acids is 2. The molecule has 0 fully saturated rings. The monoisotopic (exact) mass is 442 g/mol. The Balaban J connectivity index is 1.74. The summed E-state index contributed by atoms with van der Waals surface area (Å²) in [4.78, 5) is 24.4. The summed E-state index contributed by atoms with van der Waals surface area (Å²) in [5.74, 6) is 0.559. The van der Waals surface area contributed by atoms with E-state index in [2.05, 4.69) is 55.8 Å². The fourth-order valence-corrected chi connectivity index (χ4v) is 4.13. The number of benzene rings is 2. The van der Waals surface area contributed by atoms with Gasteiger partial charge in [-0.2, -0.15) is 0 Å². The molecular formula is C24H27BrO3. The van der Waals surface area contributed by atoms with Gasteiger partial charge in [0.2, 0.25) is 0 Å². The smallest absolute Gasteiger partial charge is 0.200 e. The molecule has 1 aliphatic carbocycles. The van der Waals surface area contributed by atoms with E-state index < -0.39 is 0 Å². The maximum Gasteiger partial charge on any atom is 0.200 e. The summed E-state index contributed by atoms with van der Waals surface area (Å²) in [5, 5.41) is 0.289. The van der Waals surface area contributed by atoms with Gasteiger partial charge in [-0.15, -0.1) is 0 Å². The molecule has 3 nitrogen and oxygen atoms in total. The van der Waals surface area contributed by atoms with Gasteiger partial charge in [0.1, 0.15) is 5.75 Å². The first kappa shape index (κ1) is 20.8. The fraction of sp³-hybridized carbons (Fsp3) is 0.417. The van der Waals surface area contributed by atoms with Crippen molar-refractivity contribution >= 4 is 27.5 Å². The van der Waals surface area contributed by atoms with Crippen LogP contribution >= 0.6 is 15.9 Å². The van der Waals surface area contributed by atoms with Crippen molar-refractivity contribution in [2.75, 3.05) is 11.9 Å². The molecule has 0 radical (unpaired) electrons. The van der Waals surface area contributed by atoms with Gasteiger partial charge in [0.15, 0.2) is 18.2 Å². The minimum absolute atomic E-state index is 0.0159. The lowest BCUT2D eigenvalue weighted by Crippen LogP contribution is -2.34. The Morgan fingerprint density at radius 3 is 2.04 bits per heavy atom. The van der Waals surface area contributed by atoms with E-state index in [1.165, 1.54) is 11.1 Å². The number of ketones is 2. The lowest BCUT2D eigenvalue weighted by atomic mass is 9.63. The molecule has 0 bridgehead atoms. The largest absolute Gasteiger partial charge is 0.485 e. The first-order valence-corrected chi connectivity index (χ1v) is 10.8. The highest BCUT2D eigenvalue weighted by Crippen LogP contribution is 2.45. The molecule has 0 N–H and O–H groups in total. The zero-order valence-corrected chi connectivity index (χ0v) is 18.6. The second kappa shape index (κ2) is 7.82. The summed E-state index contributed by atoms with van der Waals surface area (Å²) in [6.45, 7) is 9.03. The molecule has 0 unspecified atom stereocenters. The van der Waals surface area contributed by atoms with Gasteiger partial charge in [-0.05, 0) is 65.1 Å². The molecular weight excluding hydrogens is 416 g/mol. The summed E-state index contributed by atoms with van der Waals surface area (Å²) in [6.07, 6.45) is 2.26. The van der Waals surface area contributed by atoms with Gasteiger partial charge in [-0.1, -0.05) is 55.8 Å². The predicted octanol–water partition coefficient (Wildman–Crippen LogP) is 5.87. The highest BCUT2D eigenvalue weighted by molar-refractivity contribution is 9.09. The number of carbonyl (C=O) groups is 2. The number of rotatable bonds is 6. The molecule has 2 aromatic carbocycles. The van der Waals surface area contributed by atoms with Crippen LogP contribution in [0.3, 0.4) is 0 Å². The van der Waals surface area contributed by atoms with Gasteiger partial charge < -0.3 is 4.74 Å². The fourth-order valence-electron chi connectivity index (χ4n) is 3.81. The molecule has 0 saturated carbocycles. The van der Waals surface area contributed by atoms with Crippen molar-refractivity contribution in [1.29, 1.82) is 0 Å². The van der Waals surface area contributed by atoms with E-state index in [1.54, 1.807) is 24.3 Å². The summed E-state index contributed by atoms with van der Waals surface area (Å²) in [7, 11) is 0. The van der Waals surface area contributed by atoms with Crippen LogP contribution in [0.25, 0.3) is 0 Å². The normalized spacial score (nSPS) is 16.9. The Hall–Kier alpha value is -1.94. The second-order valence-corrected chi connectivity index (χ2v) is 9.38. The number of hydrogen-bond donors (Lipinski definition) is 0. The standard InChI is InChI=1S/C24H27BrO3/c1-23(2)11-12-24(3,4)20-13-17(7-10-19(20)23)22(27)15-28-18-8-5-16(6-9-18)21(26)14-25/h5-10,13H,11-12,14-15H2,1-4H3. The number of halogens is 1. The number of alkyl halides is 1. The number of hydrogen-bond acceptors (Lipinski definition) is 3. The molecule has 0 saturated heterocycles. The topological polar surface area (TPSA) is 43.4 Å². The maximum atomic E-state index is 12.7. The molecule has 0 atom stereocenters. The Bertz CT molecular complexity index is 895. The van der Waals surface area contributed by atoms with E-state index in [0.29, 0.717) is 16.9 Å². The molecule has 0 aromatic heterocycles. The van der Waals surface area contributed by atoms with Crippen LogP contribution in [-0.4, -0.2) is 23.5 Å². The van der Waals surface area contributed by atoms with Crippen molar-refractivity contribution in [3.8, 4) is 5.75 Å². The molecule has 0 amide bonds. The Kier molecular flexibility index (Phi) is 5.81. The zero-order valence-electron chi connectivity index (χ0n) is 17.0. The van der Waals surface area contributed by atoms with Crippen LogP contribution in [0.5, 0.6) is 5.75 Å². The van der Waals surface area contributed by atoms with Crippen molar-refractivity contribution in [2.45, 2.75) is 51.4 Å². The number of Topliss-reactive ketones (excluding diaryl/α,β-unsaturated/α-hetero) is 2. The van der Waals surface area contributed by atoms with E-state index in [0.717, 1.165) is 12.8 Å². The molecule has 148 valence electrons. The Labute approximate surface area is 175 Å². The zero-order chi connectivity index (χ0) is 20.5. The Morgan fingerprint density at radius 2 is 1.43 bits per heavy atom. The molecule has 2 aromatic rings. The van der Waals surface area contributed by atoms with Crippen molar-refractivity contribution in [3.63, 3.8) is 0 Å². The quantitative estimate of drug-likeness (QED) is 0.414. The number of ether oxygens (including phenoxy) is 1. The van der Waals surface area contributed by atoms with Gasteiger partial charge in [-0.25, -0.2) is 0 Å². The van der Waals surface area contributed by atoms with E-state index in [-0.39, 0.29) is 34.3 Å². The van der Waals surface area contributed by atoms with Crippen LogP contribution in [-0.2, 0) is 10.8 Å². The summed E-state index contributed by atoms with van der Waals surface area (Å²) >= 11 is 3.16. The van der Waals surface area contributed by atoms with Crippen LogP contribution in [0.1, 0.15) is 72.4 Å². The van der Waals surface area contributed by atoms with Crippen molar-refractivity contribution in [1.82, 2.24) is 0 Å². The molecule has 28 heavy (non-hydrogen) atoms. The third-order valence-electron chi connectivity index (χ3n) is 5.84. The first-order valence-electron chi connectivity index (χ1n) is 9.64. The average Bonchev–Trinajstić information content (AvgIpc) is 2.69. The lowest BCUT2D eigenvalue weighted by molar-refractivity contribution is 0.0920. The van der Waals surface area contributed by atoms with Gasteiger partial charge in [-0.3, -0.25) is 9.59 Å². The molecule has 0 aliphatic heterocycles. The molecule has 3 rings (SSSR count). The van der Waals surface area contributed by atoms with Gasteiger partial charge >= 0.3 is 0 Å². The highest BCUT2D eigenvalue weighted by Gasteiger charge is 2.37. The van der Waals surface area contributed by atoms with E-state index >= 15 is 0 Å². The number of fused-ring (bicyclic) bond motifs is 1. The minimum atomic E-state index is -0.0393. The van der Waals surface area contributed by atoms with E-state index in [4.69, 9.17) is 4.74 Å². The maximum absolute atomic E-state index is 12.7. The highest BCUT2D eigenvalue weighted by atomic mass is 79.9. The molecule has 4 heteroatoms. The Morgan fingerprint density at radius 1 is 0.857 bits per heavy atom. The van der Waals surface area contributed by atoms with E-state index in [1.807, 2.05) is 6.07 Å². The summed E-state index contributed by atoms with van der Waals surface area (Å²) < 4.78 is 5.66. The van der Waals surface area contributed by atoms with Crippen molar-refractivity contribution in [2.24, 2.45) is 0 Å². The van der Waals surface area contributed by atoms with Crippen LogP contribution < -0.4 is 4.74 Å². The summed E-state index contributed by atoms with van der Waals surface area (Å²) in [6, 6.07) is 13.0. The van der Waals surface area contributed by atoms with Crippen LogP contribution in [0.2, 0.25) is 0 Å². The van der Waals surface area contributed by atoms with Crippen molar-refractivity contribution < 1.29 is 14.3 Å². The lowest BCUT2D eigenvalue weighted by Gasteiger charge is -2.42. The van der Waals surface area contributed by atoms with Crippen LogP contribution in [0.4, 0.5) is 0 Å². The van der Waals surface area contributed by atoms with Gasteiger partial charge in [0.05, 0.1) is 5.33 Å². The third-order valence-corrected chi connectivity index (χ3v) is 6.35. The van der Waals surface area contributed by atoms with Crippen LogP contribution in [0.15, 0.2) is 42.5 Å². The second-order valence-electron chi connectivity index (χ2n) is 8.82. The van der Waals surface area contributed by atoms with E-state index in [9.17, 15) is 9.59 Å². The predicted molar refractivity (Wildman–Crippen MR) is 116 cm³/mol. The summed E-state index contributed by atoms with van der Waals surface area (Å²) in [5.41, 5.74) is 4.13. The van der Waals surface area contributed by atoms with Crippen LogP contribution in [0, 0.1) is 0 Å². The molecule has 0 heterocycles. The SMILES string of the molecule is CC1(C)CCC(C)(C)c2cc(C(=O)COc3ccc(C(=O)CBr)cc3)ccc21. The molecule has 1 aliphatic rings. The average molecular weight is 443 g/mol. The third kappa shape index (κ3) is 4.22. The minimum Gasteiger partial charge on any atom is -0.485 e. The first-order chi connectivity index (χ1) is 13.1. The van der Waals surface area contributed by atoms with Gasteiger partial charge in [0, 0.05) is 11.1 Å². The van der Waals surface area contributed by atoms with Crippen molar-refractivity contribution in [3.05, 3.63) is 64.7 Å². The van der Waals surface area contributed by atoms with Gasteiger partial charge in [0.25, 0.3) is 0 Å².